The number of benzene rings is 2. The number of nitrogens with zero attached hydrogens (tertiary/aromatic N) is 1. The second-order valence-corrected chi connectivity index (χ2v) is 7.56. The van der Waals surface area contributed by atoms with Gasteiger partial charge in [-0.25, -0.2) is 12.8 Å². The molecule has 134 valence electrons. The van der Waals surface area contributed by atoms with E-state index in [1.165, 1.54) is 20.2 Å². The highest BCUT2D eigenvalue weighted by Gasteiger charge is 2.27. The molecule has 0 bridgehead atoms. The zero-order valence-corrected chi connectivity index (χ0v) is 15.1. The lowest BCUT2D eigenvalue weighted by Crippen LogP contribution is -2.35. The summed E-state index contributed by atoms with van der Waals surface area (Å²) in [5.41, 5.74) is 0.475. The Hall–Kier alpha value is -2.16. The van der Waals surface area contributed by atoms with E-state index in [0.29, 0.717) is 10.7 Å². The van der Waals surface area contributed by atoms with Crippen molar-refractivity contribution in [2.45, 2.75) is 4.90 Å². The molecular formula is C16H16ClFN2O4S. The number of rotatable bonds is 6. The molecule has 6 nitrogen and oxygen atoms in total. The molecule has 0 spiro atoms. The van der Waals surface area contributed by atoms with E-state index in [1.807, 2.05) is 0 Å². The topological polar surface area (TPSA) is 75.7 Å². The van der Waals surface area contributed by atoms with Crippen LogP contribution in [0, 0.1) is 5.82 Å². The number of sulfonamides is 1. The number of methoxy groups -OCH3 is 1. The van der Waals surface area contributed by atoms with Crippen molar-refractivity contribution in [2.24, 2.45) is 0 Å². The van der Waals surface area contributed by atoms with E-state index in [4.69, 9.17) is 16.3 Å². The smallest absolute Gasteiger partial charge is 0.247 e. The average Bonchev–Trinajstić information content (AvgIpc) is 2.56. The zero-order chi connectivity index (χ0) is 18.6. The molecule has 0 aliphatic rings. The minimum absolute atomic E-state index is 0.00800. The predicted molar refractivity (Wildman–Crippen MR) is 92.8 cm³/mol. The van der Waals surface area contributed by atoms with E-state index < -0.39 is 28.3 Å². The Morgan fingerprint density at radius 2 is 1.88 bits per heavy atom. The molecule has 25 heavy (non-hydrogen) atoms. The van der Waals surface area contributed by atoms with Crippen molar-refractivity contribution in [1.29, 1.82) is 0 Å². The van der Waals surface area contributed by atoms with Gasteiger partial charge in [-0.2, -0.15) is 4.31 Å². The fourth-order valence-corrected chi connectivity index (χ4v) is 3.46. The minimum atomic E-state index is -4.11. The van der Waals surface area contributed by atoms with Crippen molar-refractivity contribution in [3.8, 4) is 5.75 Å². The molecule has 0 saturated carbocycles. The third-order valence-corrected chi connectivity index (χ3v) is 5.38. The lowest BCUT2D eigenvalue weighted by molar-refractivity contribution is -0.116. The van der Waals surface area contributed by atoms with Crippen molar-refractivity contribution in [3.63, 3.8) is 0 Å². The van der Waals surface area contributed by atoms with E-state index in [0.717, 1.165) is 16.4 Å². The number of halogens is 2. The normalized spacial score (nSPS) is 11.4. The first kappa shape index (κ1) is 19.2. The van der Waals surface area contributed by atoms with Gasteiger partial charge in [-0.05, 0) is 42.5 Å². The Morgan fingerprint density at radius 1 is 1.24 bits per heavy atom. The van der Waals surface area contributed by atoms with Gasteiger partial charge in [0.15, 0.2) is 0 Å². The summed E-state index contributed by atoms with van der Waals surface area (Å²) in [6.45, 7) is -0.454. The molecule has 0 saturated heterocycles. The zero-order valence-electron chi connectivity index (χ0n) is 13.5. The van der Waals surface area contributed by atoms with Crippen LogP contribution in [0.2, 0.25) is 5.02 Å². The van der Waals surface area contributed by atoms with Crippen molar-refractivity contribution in [1.82, 2.24) is 4.31 Å². The van der Waals surface area contributed by atoms with Gasteiger partial charge in [-0.3, -0.25) is 4.79 Å². The highest BCUT2D eigenvalue weighted by molar-refractivity contribution is 7.89. The highest BCUT2D eigenvalue weighted by atomic mass is 35.5. The Bertz CT molecular complexity index is 872. The summed E-state index contributed by atoms with van der Waals surface area (Å²) >= 11 is 5.76. The van der Waals surface area contributed by atoms with Gasteiger partial charge in [0.25, 0.3) is 0 Å². The summed E-state index contributed by atoms with van der Waals surface area (Å²) in [6, 6.07) is 9.51. The monoisotopic (exact) mass is 386 g/mol. The van der Waals surface area contributed by atoms with Crippen LogP contribution >= 0.6 is 11.6 Å². The number of carbonyl (C=O) groups excluding carboxylic acids is 1. The lowest BCUT2D eigenvalue weighted by atomic mass is 10.3. The largest absolute Gasteiger partial charge is 0.495 e. The first-order chi connectivity index (χ1) is 11.7. The molecule has 2 rings (SSSR count). The summed E-state index contributed by atoms with van der Waals surface area (Å²) in [6.07, 6.45) is 0. The maximum atomic E-state index is 13.4. The number of likely N-dealkylation sites (N-methyl/N-ethyl adjacent to an activating group) is 1. The third kappa shape index (κ3) is 4.68. The van der Waals surface area contributed by atoms with Crippen molar-refractivity contribution in [3.05, 3.63) is 53.3 Å². The highest BCUT2D eigenvalue weighted by Crippen LogP contribution is 2.26. The molecule has 0 fully saturated rings. The maximum absolute atomic E-state index is 13.4. The fraction of sp³-hybridized carbons (Fsp3) is 0.188. The fourth-order valence-electron chi connectivity index (χ4n) is 2.04. The average molecular weight is 387 g/mol. The van der Waals surface area contributed by atoms with Crippen LogP contribution in [0.3, 0.4) is 0 Å². The molecular weight excluding hydrogens is 371 g/mol. The van der Waals surface area contributed by atoms with Crippen molar-refractivity contribution >= 4 is 33.2 Å². The van der Waals surface area contributed by atoms with Crippen molar-refractivity contribution in [2.75, 3.05) is 26.0 Å². The summed E-state index contributed by atoms with van der Waals surface area (Å²) in [5, 5.41) is 3.06. The van der Waals surface area contributed by atoms with Gasteiger partial charge in [-0.15, -0.1) is 0 Å². The molecule has 0 aliphatic heterocycles. The molecule has 0 aliphatic carbocycles. The Balaban J connectivity index is 2.16. The number of carbonyl (C=O) groups is 1. The summed E-state index contributed by atoms with van der Waals surface area (Å²) in [4.78, 5) is 11.7. The SMILES string of the molecule is COc1ccc(F)cc1S(=O)(=O)N(C)CC(=O)Nc1ccc(Cl)cc1. The quantitative estimate of drug-likeness (QED) is 0.828. The van der Waals surface area contributed by atoms with Crippen molar-refractivity contribution < 1.29 is 22.3 Å². The number of hydrogen-bond donors (Lipinski definition) is 1. The number of nitrogens with one attached hydrogen (secondary N) is 1. The second kappa shape index (κ2) is 7.81. The van der Waals surface area contributed by atoms with Crippen LogP contribution in [0.25, 0.3) is 0 Å². The van der Waals surface area contributed by atoms with E-state index in [9.17, 15) is 17.6 Å². The molecule has 2 aromatic rings. The molecule has 0 atom stereocenters. The molecule has 0 unspecified atom stereocenters. The summed E-state index contributed by atoms with van der Waals surface area (Å²) < 4.78 is 44.4. The van der Waals surface area contributed by atoms with E-state index in [-0.39, 0.29) is 10.6 Å². The number of hydrogen-bond acceptors (Lipinski definition) is 4. The van der Waals surface area contributed by atoms with Gasteiger partial charge in [0.1, 0.15) is 16.5 Å². The van der Waals surface area contributed by atoms with E-state index >= 15 is 0 Å². The minimum Gasteiger partial charge on any atom is -0.495 e. The van der Waals surface area contributed by atoms with Gasteiger partial charge in [0.2, 0.25) is 15.9 Å². The number of ether oxygens (including phenoxy) is 1. The van der Waals surface area contributed by atoms with Gasteiger partial charge >= 0.3 is 0 Å². The maximum Gasteiger partial charge on any atom is 0.247 e. The Kier molecular flexibility index (Phi) is 5.99. The third-order valence-electron chi connectivity index (χ3n) is 3.31. The standard InChI is InChI=1S/C16H16ClFN2O4S/c1-20(10-16(21)19-13-6-3-11(17)4-7-13)25(22,23)15-9-12(18)5-8-14(15)24-2/h3-9H,10H2,1-2H3,(H,19,21). The van der Waals surface area contributed by atoms with Gasteiger partial charge in [0.05, 0.1) is 13.7 Å². The second-order valence-electron chi connectivity index (χ2n) is 5.11. The number of amides is 1. The van der Waals surface area contributed by atoms with E-state index in [2.05, 4.69) is 5.32 Å². The van der Waals surface area contributed by atoms with Crippen LogP contribution in [0.4, 0.5) is 10.1 Å². The van der Waals surface area contributed by atoms with Crippen LogP contribution < -0.4 is 10.1 Å². The predicted octanol–water partition coefficient (Wildman–Crippen LogP) is 2.75. The molecule has 1 N–H and O–H groups in total. The van der Waals surface area contributed by atoms with Crippen LogP contribution in [0.5, 0.6) is 5.75 Å². The molecule has 0 heterocycles. The molecule has 0 radical (unpaired) electrons. The van der Waals surface area contributed by atoms with Crippen LogP contribution in [-0.4, -0.2) is 39.3 Å². The van der Waals surface area contributed by atoms with Gasteiger partial charge in [0, 0.05) is 17.8 Å². The van der Waals surface area contributed by atoms with Crippen LogP contribution in [-0.2, 0) is 14.8 Å². The lowest BCUT2D eigenvalue weighted by Gasteiger charge is -2.18. The molecule has 9 heteroatoms. The Labute approximate surface area is 150 Å². The Morgan fingerprint density at radius 3 is 2.48 bits per heavy atom. The first-order valence-electron chi connectivity index (χ1n) is 7.09. The molecule has 0 aromatic heterocycles. The van der Waals surface area contributed by atoms with Gasteiger partial charge < -0.3 is 10.1 Å². The molecule has 1 amide bonds. The summed E-state index contributed by atoms with van der Waals surface area (Å²) in [7, 11) is -1.61. The number of anilines is 1. The van der Waals surface area contributed by atoms with E-state index in [1.54, 1.807) is 24.3 Å². The van der Waals surface area contributed by atoms with Crippen LogP contribution in [0.15, 0.2) is 47.4 Å². The van der Waals surface area contributed by atoms with Crippen LogP contribution in [0.1, 0.15) is 0 Å². The molecule has 2 aromatic carbocycles. The summed E-state index contributed by atoms with van der Waals surface area (Å²) in [5.74, 6) is -1.28. The first-order valence-corrected chi connectivity index (χ1v) is 8.91. The van der Waals surface area contributed by atoms with Gasteiger partial charge in [-0.1, -0.05) is 11.6 Å².